The van der Waals surface area contributed by atoms with Crippen molar-refractivity contribution in [3.05, 3.63) is 34.9 Å². The Morgan fingerprint density at radius 1 is 1.50 bits per heavy atom. The summed E-state index contributed by atoms with van der Waals surface area (Å²) >= 11 is 5.92. The van der Waals surface area contributed by atoms with Gasteiger partial charge in [-0.1, -0.05) is 23.7 Å². The Labute approximate surface area is 120 Å². The second kappa shape index (κ2) is 8.35. The average molecular weight is 291 g/mol. The summed E-state index contributed by atoms with van der Waals surface area (Å²) in [4.78, 5) is 13.9. The molecule has 0 fully saturated rings. The number of rotatable bonds is 5. The van der Waals surface area contributed by atoms with E-state index in [2.05, 4.69) is 5.32 Å². The van der Waals surface area contributed by atoms with Crippen LogP contribution in [0.25, 0.3) is 0 Å². The number of amides is 1. The van der Waals surface area contributed by atoms with Gasteiger partial charge in [0, 0.05) is 25.2 Å². The first-order chi connectivity index (χ1) is 8.06. The van der Waals surface area contributed by atoms with Crippen LogP contribution in [0.5, 0.6) is 0 Å². The number of nitrogens with zero attached hydrogens (tertiary/aromatic N) is 1. The van der Waals surface area contributed by atoms with Crippen LogP contribution in [0.15, 0.2) is 24.3 Å². The minimum Gasteiger partial charge on any atom is -0.344 e. The Hall–Kier alpha value is -0.770. The van der Waals surface area contributed by atoms with E-state index in [-0.39, 0.29) is 24.2 Å². The van der Waals surface area contributed by atoms with Gasteiger partial charge in [-0.3, -0.25) is 4.79 Å². The van der Waals surface area contributed by atoms with Crippen LogP contribution >= 0.6 is 24.0 Å². The molecule has 1 aromatic rings. The van der Waals surface area contributed by atoms with Crippen LogP contribution in [-0.4, -0.2) is 38.0 Å². The Morgan fingerprint density at radius 3 is 2.72 bits per heavy atom. The van der Waals surface area contributed by atoms with Crippen molar-refractivity contribution in [3.63, 3.8) is 0 Å². The summed E-state index contributed by atoms with van der Waals surface area (Å²) in [6.45, 7) is 3.41. The quantitative estimate of drug-likeness (QED) is 0.904. The number of benzene rings is 1. The van der Waals surface area contributed by atoms with Crippen molar-refractivity contribution in [1.29, 1.82) is 0 Å². The molecule has 1 rings (SSSR count). The highest BCUT2D eigenvalue weighted by Gasteiger charge is 2.18. The van der Waals surface area contributed by atoms with E-state index in [0.29, 0.717) is 11.6 Å². The molecule has 0 aliphatic carbocycles. The van der Waals surface area contributed by atoms with Gasteiger partial charge in [0.05, 0.1) is 5.92 Å². The summed E-state index contributed by atoms with van der Waals surface area (Å²) in [6.07, 6.45) is 0. The molecule has 5 heteroatoms. The number of hydrogen-bond donors (Lipinski definition) is 1. The van der Waals surface area contributed by atoms with Crippen molar-refractivity contribution >= 4 is 29.9 Å². The topological polar surface area (TPSA) is 32.3 Å². The number of hydrogen-bond acceptors (Lipinski definition) is 2. The zero-order valence-corrected chi connectivity index (χ0v) is 12.5. The fourth-order valence-electron chi connectivity index (χ4n) is 1.64. The molecule has 0 aromatic heterocycles. The number of carbonyl (C=O) groups excluding carboxylic acids is 1. The normalized spacial score (nSPS) is 11.6. The fraction of sp³-hybridized carbons (Fsp3) is 0.462. The Bertz CT molecular complexity index is 385. The third kappa shape index (κ3) is 4.84. The number of carbonyl (C=O) groups is 1. The van der Waals surface area contributed by atoms with Crippen molar-refractivity contribution < 1.29 is 4.79 Å². The van der Waals surface area contributed by atoms with Crippen LogP contribution in [0, 0.1) is 0 Å². The van der Waals surface area contributed by atoms with E-state index in [1.165, 1.54) is 0 Å². The van der Waals surface area contributed by atoms with Gasteiger partial charge in [-0.05, 0) is 31.7 Å². The van der Waals surface area contributed by atoms with Crippen LogP contribution in [-0.2, 0) is 4.79 Å². The van der Waals surface area contributed by atoms with E-state index in [1.807, 2.05) is 45.3 Å². The molecule has 0 spiro atoms. The van der Waals surface area contributed by atoms with Gasteiger partial charge >= 0.3 is 0 Å². The van der Waals surface area contributed by atoms with Crippen molar-refractivity contribution in [2.45, 2.75) is 12.8 Å². The average Bonchev–Trinajstić information content (AvgIpc) is 2.34. The molecule has 1 atom stereocenters. The molecular formula is C13H20Cl2N2O. The molecule has 0 heterocycles. The number of likely N-dealkylation sites (N-methyl/N-ethyl adjacent to an activating group) is 2. The maximum absolute atomic E-state index is 12.1. The van der Waals surface area contributed by atoms with Crippen LogP contribution in [0.3, 0.4) is 0 Å². The summed E-state index contributed by atoms with van der Waals surface area (Å²) < 4.78 is 0. The minimum absolute atomic E-state index is 0. The van der Waals surface area contributed by atoms with E-state index >= 15 is 0 Å². The molecule has 0 aliphatic heterocycles. The van der Waals surface area contributed by atoms with Gasteiger partial charge in [0.15, 0.2) is 0 Å². The van der Waals surface area contributed by atoms with Crippen molar-refractivity contribution in [1.82, 2.24) is 10.2 Å². The first-order valence-corrected chi connectivity index (χ1v) is 6.09. The summed E-state index contributed by atoms with van der Waals surface area (Å²) in [5, 5.41) is 3.69. The number of nitrogens with one attached hydrogen (secondary N) is 1. The number of halogens is 2. The summed E-state index contributed by atoms with van der Waals surface area (Å²) in [7, 11) is 3.69. The molecular weight excluding hydrogens is 271 g/mol. The van der Waals surface area contributed by atoms with Gasteiger partial charge in [-0.2, -0.15) is 0 Å². The standard InChI is InChI=1S/C13H19ClN2O.ClH/c1-10(11-5-4-6-12(14)9-11)13(17)16(3)8-7-15-2;/h4-6,9-10,15H,7-8H2,1-3H3;1H. The van der Waals surface area contributed by atoms with Crippen molar-refractivity contribution in [2.24, 2.45) is 0 Å². The van der Waals surface area contributed by atoms with Gasteiger partial charge in [0.1, 0.15) is 0 Å². The predicted octanol–water partition coefficient (Wildman–Crippen LogP) is 2.54. The first-order valence-electron chi connectivity index (χ1n) is 5.71. The second-order valence-corrected chi connectivity index (χ2v) is 4.58. The first kappa shape index (κ1) is 17.2. The van der Waals surface area contributed by atoms with Crippen LogP contribution in [0.1, 0.15) is 18.4 Å². The molecule has 1 N–H and O–H groups in total. The molecule has 0 radical (unpaired) electrons. The van der Waals surface area contributed by atoms with Gasteiger partial charge in [0.25, 0.3) is 0 Å². The van der Waals surface area contributed by atoms with Gasteiger partial charge in [-0.25, -0.2) is 0 Å². The van der Waals surface area contributed by atoms with Crippen molar-refractivity contribution in [2.75, 3.05) is 27.2 Å². The van der Waals surface area contributed by atoms with E-state index < -0.39 is 0 Å². The summed E-state index contributed by atoms with van der Waals surface area (Å²) in [5.41, 5.74) is 0.957. The monoisotopic (exact) mass is 290 g/mol. The molecule has 0 aliphatic rings. The van der Waals surface area contributed by atoms with Crippen LogP contribution < -0.4 is 5.32 Å². The van der Waals surface area contributed by atoms with Crippen LogP contribution in [0.4, 0.5) is 0 Å². The molecule has 1 aromatic carbocycles. The highest BCUT2D eigenvalue weighted by atomic mass is 35.5. The lowest BCUT2D eigenvalue weighted by Crippen LogP contribution is -2.35. The van der Waals surface area contributed by atoms with Gasteiger partial charge in [0.2, 0.25) is 5.91 Å². The largest absolute Gasteiger partial charge is 0.344 e. The lowest BCUT2D eigenvalue weighted by molar-refractivity contribution is -0.131. The van der Waals surface area contributed by atoms with E-state index in [4.69, 9.17) is 11.6 Å². The molecule has 1 unspecified atom stereocenters. The molecule has 1 amide bonds. The third-order valence-corrected chi connectivity index (χ3v) is 3.03. The smallest absolute Gasteiger partial charge is 0.229 e. The van der Waals surface area contributed by atoms with E-state index in [0.717, 1.165) is 12.1 Å². The van der Waals surface area contributed by atoms with Gasteiger partial charge < -0.3 is 10.2 Å². The zero-order chi connectivity index (χ0) is 12.8. The third-order valence-electron chi connectivity index (χ3n) is 2.79. The minimum atomic E-state index is -0.157. The molecule has 0 saturated carbocycles. The Balaban J connectivity index is 0.00000289. The molecule has 0 bridgehead atoms. The fourth-order valence-corrected chi connectivity index (χ4v) is 1.84. The van der Waals surface area contributed by atoms with E-state index in [9.17, 15) is 4.79 Å². The maximum Gasteiger partial charge on any atom is 0.229 e. The van der Waals surface area contributed by atoms with E-state index in [1.54, 1.807) is 4.90 Å². The maximum atomic E-state index is 12.1. The molecule has 3 nitrogen and oxygen atoms in total. The summed E-state index contributed by atoms with van der Waals surface area (Å²) in [6, 6.07) is 7.46. The van der Waals surface area contributed by atoms with Gasteiger partial charge in [-0.15, -0.1) is 12.4 Å². The SMILES string of the molecule is CNCCN(C)C(=O)C(C)c1cccc(Cl)c1.Cl. The molecule has 18 heavy (non-hydrogen) atoms. The highest BCUT2D eigenvalue weighted by Crippen LogP contribution is 2.20. The lowest BCUT2D eigenvalue weighted by Gasteiger charge is -2.21. The zero-order valence-electron chi connectivity index (χ0n) is 10.9. The second-order valence-electron chi connectivity index (χ2n) is 4.14. The Kier molecular flexibility index (Phi) is 8.00. The predicted molar refractivity (Wildman–Crippen MR) is 78.7 cm³/mol. The molecule has 102 valence electrons. The van der Waals surface area contributed by atoms with Crippen molar-refractivity contribution in [3.8, 4) is 0 Å². The highest BCUT2D eigenvalue weighted by molar-refractivity contribution is 6.30. The van der Waals surface area contributed by atoms with Crippen LogP contribution in [0.2, 0.25) is 5.02 Å². The molecule has 0 saturated heterocycles. The lowest BCUT2D eigenvalue weighted by atomic mass is 10.00. The summed E-state index contributed by atoms with van der Waals surface area (Å²) in [5.74, 6) is -0.0435. The Morgan fingerprint density at radius 2 is 2.17 bits per heavy atom.